The van der Waals surface area contributed by atoms with Gasteiger partial charge in [0.1, 0.15) is 6.42 Å². The minimum Gasteiger partial charge on any atom is -0.468 e. The van der Waals surface area contributed by atoms with E-state index in [0.717, 1.165) is 6.07 Å². The second-order valence-corrected chi connectivity index (χ2v) is 2.65. The number of hydrogen-bond acceptors (Lipinski definition) is 4. The maximum Gasteiger partial charge on any atom is 0.317 e. The Labute approximate surface area is 86.3 Å². The molecule has 0 saturated heterocycles. The van der Waals surface area contributed by atoms with Gasteiger partial charge in [-0.1, -0.05) is 11.8 Å². The summed E-state index contributed by atoms with van der Waals surface area (Å²) in [6, 6.07) is 1.16. The summed E-state index contributed by atoms with van der Waals surface area (Å²) in [5.74, 6) is 3.86. The molecule has 1 rings (SSSR count). The lowest BCUT2D eigenvalue weighted by Crippen LogP contribution is -1.97. The molecule has 5 heteroatoms. The molecule has 1 aromatic rings. The van der Waals surface area contributed by atoms with Gasteiger partial charge >= 0.3 is 5.97 Å². The molecule has 0 aliphatic heterocycles. The summed E-state index contributed by atoms with van der Waals surface area (Å²) < 4.78 is 17.3. The molecule has 0 radical (unpaired) electrons. The molecule has 0 bridgehead atoms. The van der Waals surface area contributed by atoms with Gasteiger partial charge in [-0.25, -0.2) is 9.37 Å². The van der Waals surface area contributed by atoms with Crippen LogP contribution < -0.4 is 5.73 Å². The number of carbonyl (C=O) groups is 1. The van der Waals surface area contributed by atoms with Gasteiger partial charge in [0.2, 0.25) is 0 Å². The normalized spacial score (nSPS) is 8.93. The Hall–Kier alpha value is -2.09. The van der Waals surface area contributed by atoms with Crippen molar-refractivity contribution in [2.75, 3.05) is 12.8 Å². The number of hydrogen-bond donors (Lipinski definition) is 1. The summed E-state index contributed by atoms with van der Waals surface area (Å²) in [7, 11) is 1.27. The highest BCUT2D eigenvalue weighted by Gasteiger charge is 1.99. The van der Waals surface area contributed by atoms with Crippen molar-refractivity contribution in [2.24, 2.45) is 0 Å². The van der Waals surface area contributed by atoms with Crippen LogP contribution in [0.5, 0.6) is 0 Å². The Kier molecular flexibility index (Phi) is 3.63. The predicted molar refractivity (Wildman–Crippen MR) is 52.1 cm³/mol. The number of halogens is 1. The Bertz CT molecular complexity index is 435. The number of ether oxygens (including phenoxy) is 1. The van der Waals surface area contributed by atoms with Gasteiger partial charge in [-0.2, -0.15) is 0 Å². The van der Waals surface area contributed by atoms with Crippen LogP contribution in [-0.4, -0.2) is 18.1 Å². The maximum atomic E-state index is 12.9. The van der Waals surface area contributed by atoms with Crippen LogP contribution in [0.25, 0.3) is 0 Å². The largest absolute Gasteiger partial charge is 0.468 e. The first-order valence-corrected chi connectivity index (χ1v) is 4.10. The lowest BCUT2D eigenvalue weighted by atomic mass is 10.2. The molecule has 0 saturated carbocycles. The zero-order valence-electron chi connectivity index (χ0n) is 8.08. The molecular weight excluding hydrogens is 199 g/mol. The molecule has 0 unspecified atom stereocenters. The highest BCUT2D eigenvalue weighted by atomic mass is 19.1. The van der Waals surface area contributed by atoms with Gasteiger partial charge in [-0.05, 0) is 6.07 Å². The Balaban J connectivity index is 2.72. The van der Waals surface area contributed by atoms with E-state index in [4.69, 9.17) is 5.73 Å². The number of rotatable bonds is 1. The third-order valence-electron chi connectivity index (χ3n) is 1.56. The van der Waals surface area contributed by atoms with Crippen LogP contribution in [0, 0.1) is 17.7 Å². The summed E-state index contributed by atoms with van der Waals surface area (Å²) in [5, 5.41) is 0. The minimum absolute atomic E-state index is 0.0392. The Morgan fingerprint density at radius 2 is 2.47 bits per heavy atom. The van der Waals surface area contributed by atoms with E-state index < -0.39 is 11.8 Å². The number of esters is 1. The number of carbonyl (C=O) groups excluding carboxylic acids is 1. The molecule has 0 amide bonds. The lowest BCUT2D eigenvalue weighted by molar-refractivity contribution is -0.139. The third kappa shape index (κ3) is 3.27. The van der Waals surface area contributed by atoms with E-state index in [1.165, 1.54) is 13.3 Å². The lowest BCUT2D eigenvalue weighted by Gasteiger charge is -1.94. The number of methoxy groups -OCH3 is 1. The van der Waals surface area contributed by atoms with Gasteiger partial charge in [0, 0.05) is 11.8 Å². The second kappa shape index (κ2) is 4.96. The van der Waals surface area contributed by atoms with E-state index in [1.54, 1.807) is 0 Å². The monoisotopic (exact) mass is 208 g/mol. The number of pyridine rings is 1. The highest BCUT2D eigenvalue weighted by molar-refractivity contribution is 5.72. The molecular formula is C10H9FN2O2. The van der Waals surface area contributed by atoms with E-state index in [0.29, 0.717) is 5.56 Å². The van der Waals surface area contributed by atoms with Crippen molar-refractivity contribution in [3.05, 3.63) is 23.6 Å². The molecule has 0 aliphatic carbocycles. The van der Waals surface area contributed by atoms with Crippen molar-refractivity contribution >= 4 is 11.8 Å². The second-order valence-electron chi connectivity index (χ2n) is 2.65. The molecule has 0 spiro atoms. The van der Waals surface area contributed by atoms with E-state index in [-0.39, 0.29) is 12.2 Å². The number of anilines is 1. The summed E-state index contributed by atoms with van der Waals surface area (Å²) >= 11 is 0. The molecule has 78 valence electrons. The van der Waals surface area contributed by atoms with E-state index in [2.05, 4.69) is 21.6 Å². The predicted octanol–water partition coefficient (Wildman–Crippen LogP) is 0.718. The van der Waals surface area contributed by atoms with Crippen molar-refractivity contribution in [1.29, 1.82) is 0 Å². The minimum atomic E-state index is -0.625. The van der Waals surface area contributed by atoms with Gasteiger partial charge in [-0.15, -0.1) is 0 Å². The van der Waals surface area contributed by atoms with Crippen LogP contribution in [-0.2, 0) is 9.53 Å². The van der Waals surface area contributed by atoms with Gasteiger partial charge in [0.25, 0.3) is 0 Å². The smallest absolute Gasteiger partial charge is 0.317 e. The summed E-state index contributed by atoms with van der Waals surface area (Å²) in [4.78, 5) is 14.3. The first-order valence-electron chi connectivity index (χ1n) is 4.10. The van der Waals surface area contributed by atoms with Crippen LogP contribution in [0.15, 0.2) is 12.3 Å². The van der Waals surface area contributed by atoms with Gasteiger partial charge in [0.15, 0.2) is 11.6 Å². The van der Waals surface area contributed by atoms with Crippen molar-refractivity contribution in [2.45, 2.75) is 6.42 Å². The summed E-state index contributed by atoms with van der Waals surface area (Å²) in [6.45, 7) is 0. The van der Waals surface area contributed by atoms with Crippen LogP contribution in [0.3, 0.4) is 0 Å². The van der Waals surface area contributed by atoms with E-state index in [9.17, 15) is 9.18 Å². The maximum absolute atomic E-state index is 12.9. The van der Waals surface area contributed by atoms with E-state index in [1.807, 2.05) is 0 Å². The van der Waals surface area contributed by atoms with Crippen LogP contribution >= 0.6 is 0 Å². The molecule has 2 N–H and O–H groups in total. The quantitative estimate of drug-likeness (QED) is 0.545. The first kappa shape index (κ1) is 11.0. The summed E-state index contributed by atoms with van der Waals surface area (Å²) in [5.41, 5.74) is 5.55. The van der Waals surface area contributed by atoms with Crippen molar-refractivity contribution in [3.63, 3.8) is 0 Å². The van der Waals surface area contributed by atoms with Crippen LogP contribution in [0.2, 0.25) is 0 Å². The molecule has 0 aromatic carbocycles. The number of nitrogen functional groups attached to an aromatic ring is 1. The fourth-order valence-electron chi connectivity index (χ4n) is 0.807. The molecule has 15 heavy (non-hydrogen) atoms. The van der Waals surface area contributed by atoms with Gasteiger partial charge in [-0.3, -0.25) is 4.79 Å². The molecule has 4 nitrogen and oxygen atoms in total. The number of nitrogens with zero attached hydrogens (tertiary/aromatic N) is 1. The zero-order valence-corrected chi connectivity index (χ0v) is 8.08. The SMILES string of the molecule is COC(=O)CC#Cc1cnc(N)c(F)c1. The average molecular weight is 208 g/mol. The summed E-state index contributed by atoms with van der Waals surface area (Å²) in [6.07, 6.45) is 1.30. The Morgan fingerprint density at radius 1 is 1.73 bits per heavy atom. The van der Waals surface area contributed by atoms with Gasteiger partial charge in [0.05, 0.1) is 7.11 Å². The molecule has 0 atom stereocenters. The number of aromatic nitrogens is 1. The first-order chi connectivity index (χ1) is 7.13. The molecule has 1 aromatic heterocycles. The topological polar surface area (TPSA) is 65.2 Å². The van der Waals surface area contributed by atoms with Crippen LogP contribution in [0.1, 0.15) is 12.0 Å². The Morgan fingerprint density at radius 3 is 3.07 bits per heavy atom. The van der Waals surface area contributed by atoms with Crippen molar-refractivity contribution < 1.29 is 13.9 Å². The standard InChI is InChI=1S/C10H9FN2O2/c1-15-9(14)4-2-3-7-5-8(11)10(12)13-6-7/h5-6H,4H2,1H3,(H2,12,13). The number of nitrogens with two attached hydrogens (primary N) is 1. The van der Waals surface area contributed by atoms with Gasteiger partial charge < -0.3 is 10.5 Å². The average Bonchev–Trinajstić information content (AvgIpc) is 2.23. The fraction of sp³-hybridized carbons (Fsp3) is 0.200. The molecule has 0 aliphatic rings. The van der Waals surface area contributed by atoms with Crippen molar-refractivity contribution in [3.8, 4) is 11.8 Å². The zero-order chi connectivity index (χ0) is 11.3. The molecule has 1 heterocycles. The van der Waals surface area contributed by atoms with Crippen molar-refractivity contribution in [1.82, 2.24) is 4.98 Å². The fourth-order valence-corrected chi connectivity index (χ4v) is 0.807. The van der Waals surface area contributed by atoms with E-state index >= 15 is 0 Å². The van der Waals surface area contributed by atoms with Crippen LogP contribution in [0.4, 0.5) is 10.2 Å². The highest BCUT2D eigenvalue weighted by Crippen LogP contribution is 2.06. The third-order valence-corrected chi connectivity index (χ3v) is 1.56. The molecule has 0 fully saturated rings.